The molecule has 0 amide bonds. The van der Waals surface area contributed by atoms with Gasteiger partial charge in [0.05, 0.1) is 17.5 Å². The van der Waals surface area contributed by atoms with Crippen LogP contribution in [0.5, 0.6) is 0 Å². The zero-order valence-electron chi connectivity index (χ0n) is 12.9. The first-order valence-corrected chi connectivity index (χ1v) is 7.54. The lowest BCUT2D eigenvalue weighted by atomic mass is 10.1. The Morgan fingerprint density at radius 3 is 2.52 bits per heavy atom. The third-order valence-corrected chi connectivity index (χ3v) is 3.57. The second kappa shape index (κ2) is 7.40. The van der Waals surface area contributed by atoms with Crippen LogP contribution >= 0.6 is 0 Å². The van der Waals surface area contributed by atoms with Gasteiger partial charge < -0.3 is 9.36 Å². The summed E-state index contributed by atoms with van der Waals surface area (Å²) >= 11 is 0. The molecule has 0 saturated carbocycles. The van der Waals surface area contributed by atoms with Gasteiger partial charge in [0, 0.05) is 6.42 Å². The van der Waals surface area contributed by atoms with Gasteiger partial charge in [-0.05, 0) is 18.1 Å². The van der Waals surface area contributed by atoms with Crippen molar-refractivity contribution in [3.63, 3.8) is 0 Å². The summed E-state index contributed by atoms with van der Waals surface area (Å²) in [6, 6.07) is 20.1. The molecule has 1 heterocycles. The van der Waals surface area contributed by atoms with E-state index in [1.165, 1.54) is 5.56 Å². The minimum Gasteiger partial charge on any atom is -0.388 e. The lowest BCUT2D eigenvalue weighted by Gasteiger charge is -2.08. The molecule has 3 rings (SSSR count). The fourth-order valence-corrected chi connectivity index (χ4v) is 2.26. The highest BCUT2D eigenvalue weighted by atomic mass is 16.6. The number of aromatic nitrogens is 1. The summed E-state index contributed by atoms with van der Waals surface area (Å²) in [4.78, 5) is 5.51. The van der Waals surface area contributed by atoms with Gasteiger partial charge in [0.15, 0.2) is 0 Å². The molecule has 0 unspecified atom stereocenters. The summed E-state index contributed by atoms with van der Waals surface area (Å²) in [6.45, 7) is 1.96. The van der Waals surface area contributed by atoms with Crippen molar-refractivity contribution in [1.82, 2.24) is 5.16 Å². The summed E-state index contributed by atoms with van der Waals surface area (Å²) in [5.74, 6) is 0. The molecule has 0 aliphatic rings. The van der Waals surface area contributed by atoms with Crippen molar-refractivity contribution in [2.24, 2.45) is 5.16 Å². The molecule has 4 nitrogen and oxygen atoms in total. The normalized spacial score (nSPS) is 12.4. The van der Waals surface area contributed by atoms with Gasteiger partial charge in [-0.25, -0.2) is 0 Å². The average Bonchev–Trinajstić information content (AvgIpc) is 3.03. The Balaban J connectivity index is 1.63. The summed E-state index contributed by atoms with van der Waals surface area (Å²) in [7, 11) is 0. The van der Waals surface area contributed by atoms with Crippen LogP contribution in [0, 0.1) is 0 Å². The maximum absolute atomic E-state index is 5.51. The molecule has 0 aliphatic heterocycles. The Bertz CT molecular complexity index is 751. The van der Waals surface area contributed by atoms with Gasteiger partial charge in [0.2, 0.25) is 0 Å². The van der Waals surface area contributed by atoms with Crippen LogP contribution in [0.2, 0.25) is 0 Å². The Kier molecular flexibility index (Phi) is 4.84. The molecule has 2 aromatic carbocycles. The minimum absolute atomic E-state index is 0.107. The SMILES string of the molecule is C[C@@H](O/N=C/c1conc1Cc1ccccc1)c1ccccc1. The van der Waals surface area contributed by atoms with Gasteiger partial charge in [0.25, 0.3) is 0 Å². The van der Waals surface area contributed by atoms with E-state index < -0.39 is 0 Å². The molecule has 0 spiro atoms. The number of rotatable bonds is 6. The third-order valence-electron chi connectivity index (χ3n) is 3.57. The molecule has 23 heavy (non-hydrogen) atoms. The summed E-state index contributed by atoms with van der Waals surface area (Å²) in [5.41, 5.74) is 3.93. The third kappa shape index (κ3) is 4.07. The fraction of sp³-hybridized carbons (Fsp3) is 0.158. The van der Waals surface area contributed by atoms with Crippen molar-refractivity contribution in [2.75, 3.05) is 0 Å². The monoisotopic (exact) mass is 306 g/mol. The standard InChI is InChI=1S/C19H18N2O2/c1-15(17-10-6-3-7-11-17)23-20-13-18-14-22-21-19(18)12-16-8-4-2-5-9-16/h2-11,13-15H,12H2,1H3/b20-13+/t15-/m1/s1. The van der Waals surface area contributed by atoms with Crippen LogP contribution in [0.25, 0.3) is 0 Å². The van der Waals surface area contributed by atoms with E-state index in [1.807, 2.05) is 55.5 Å². The number of oxime groups is 1. The van der Waals surface area contributed by atoms with Gasteiger partial charge in [0.1, 0.15) is 12.4 Å². The Morgan fingerprint density at radius 1 is 1.09 bits per heavy atom. The van der Waals surface area contributed by atoms with Crippen molar-refractivity contribution in [3.8, 4) is 0 Å². The molecule has 1 aromatic heterocycles. The highest BCUT2D eigenvalue weighted by Crippen LogP contribution is 2.16. The van der Waals surface area contributed by atoms with Gasteiger partial charge in [-0.2, -0.15) is 0 Å². The van der Waals surface area contributed by atoms with Crippen molar-refractivity contribution >= 4 is 6.21 Å². The topological polar surface area (TPSA) is 47.6 Å². The highest BCUT2D eigenvalue weighted by Gasteiger charge is 2.08. The van der Waals surface area contributed by atoms with Crippen LogP contribution in [0.3, 0.4) is 0 Å². The van der Waals surface area contributed by atoms with Crippen molar-refractivity contribution in [1.29, 1.82) is 0 Å². The molecule has 0 N–H and O–H groups in total. The number of hydrogen-bond acceptors (Lipinski definition) is 4. The Labute approximate surface area is 135 Å². The summed E-state index contributed by atoms with van der Waals surface area (Å²) in [6.07, 6.45) is 3.82. The molecule has 0 saturated heterocycles. The molecular weight excluding hydrogens is 288 g/mol. The smallest absolute Gasteiger partial charge is 0.149 e. The van der Waals surface area contributed by atoms with Crippen LogP contribution in [0.4, 0.5) is 0 Å². The van der Waals surface area contributed by atoms with Gasteiger partial charge in [-0.15, -0.1) is 0 Å². The number of nitrogens with zero attached hydrogens (tertiary/aromatic N) is 2. The second-order valence-electron chi connectivity index (χ2n) is 5.27. The van der Waals surface area contributed by atoms with E-state index in [1.54, 1.807) is 12.5 Å². The van der Waals surface area contributed by atoms with Gasteiger partial charge >= 0.3 is 0 Å². The van der Waals surface area contributed by atoms with Crippen LogP contribution in [-0.2, 0) is 11.3 Å². The number of hydrogen-bond donors (Lipinski definition) is 0. The molecule has 116 valence electrons. The van der Waals surface area contributed by atoms with Crippen molar-refractivity contribution in [2.45, 2.75) is 19.4 Å². The zero-order valence-corrected chi connectivity index (χ0v) is 12.9. The molecule has 0 aliphatic carbocycles. The first-order valence-electron chi connectivity index (χ1n) is 7.54. The molecule has 0 bridgehead atoms. The van der Waals surface area contributed by atoms with E-state index in [0.29, 0.717) is 6.42 Å². The Hall–Kier alpha value is -2.88. The maximum atomic E-state index is 5.51. The first-order chi connectivity index (χ1) is 11.3. The van der Waals surface area contributed by atoms with Crippen LogP contribution < -0.4 is 0 Å². The predicted octanol–water partition coefficient (Wildman–Crippen LogP) is 4.38. The fourth-order valence-electron chi connectivity index (χ4n) is 2.26. The predicted molar refractivity (Wildman–Crippen MR) is 89.3 cm³/mol. The quantitative estimate of drug-likeness (QED) is 0.501. The van der Waals surface area contributed by atoms with Gasteiger partial charge in [-0.3, -0.25) is 0 Å². The first kappa shape index (κ1) is 15.0. The minimum atomic E-state index is -0.107. The van der Waals surface area contributed by atoms with Crippen molar-refractivity contribution < 1.29 is 9.36 Å². The molecule has 4 heteroatoms. The highest BCUT2D eigenvalue weighted by molar-refractivity contribution is 5.80. The lowest BCUT2D eigenvalue weighted by Crippen LogP contribution is -1.96. The summed E-state index contributed by atoms with van der Waals surface area (Å²) in [5, 5.41) is 8.11. The molecular formula is C19H18N2O2. The molecule has 0 fully saturated rings. The van der Waals surface area contributed by atoms with Gasteiger partial charge in [-0.1, -0.05) is 71.0 Å². The molecule has 0 radical (unpaired) electrons. The second-order valence-corrected chi connectivity index (χ2v) is 5.27. The maximum Gasteiger partial charge on any atom is 0.149 e. The lowest BCUT2D eigenvalue weighted by molar-refractivity contribution is 0.0736. The van der Waals surface area contributed by atoms with Crippen molar-refractivity contribution in [3.05, 3.63) is 89.3 Å². The van der Waals surface area contributed by atoms with E-state index in [2.05, 4.69) is 22.4 Å². The molecule has 1 atom stereocenters. The van der Waals surface area contributed by atoms with E-state index >= 15 is 0 Å². The van der Waals surface area contributed by atoms with E-state index in [9.17, 15) is 0 Å². The Morgan fingerprint density at radius 2 is 1.78 bits per heavy atom. The van der Waals surface area contributed by atoms with E-state index in [-0.39, 0.29) is 6.10 Å². The zero-order chi connectivity index (χ0) is 15.9. The van der Waals surface area contributed by atoms with E-state index in [0.717, 1.165) is 16.8 Å². The largest absolute Gasteiger partial charge is 0.388 e. The van der Waals surface area contributed by atoms with Crippen LogP contribution in [0.1, 0.15) is 35.4 Å². The molecule has 3 aromatic rings. The summed E-state index contributed by atoms with van der Waals surface area (Å²) < 4.78 is 5.06. The van der Waals surface area contributed by atoms with Crippen LogP contribution in [-0.4, -0.2) is 11.4 Å². The van der Waals surface area contributed by atoms with Crippen LogP contribution in [0.15, 0.2) is 76.6 Å². The van der Waals surface area contributed by atoms with E-state index in [4.69, 9.17) is 9.36 Å². The number of benzene rings is 2. The average molecular weight is 306 g/mol.